The second-order valence-electron chi connectivity index (χ2n) is 5.49. The van der Waals surface area contributed by atoms with Gasteiger partial charge in [-0.25, -0.2) is 4.98 Å². The Morgan fingerprint density at radius 1 is 1.36 bits per heavy atom. The van der Waals surface area contributed by atoms with Crippen LogP contribution >= 0.6 is 0 Å². The highest BCUT2D eigenvalue weighted by Gasteiger charge is 2.06. The topological polar surface area (TPSA) is 56.1 Å². The maximum absolute atomic E-state index is 12.5. The molecule has 5 heteroatoms. The van der Waals surface area contributed by atoms with Crippen molar-refractivity contribution >= 4 is 5.82 Å². The molecule has 0 bridgehead atoms. The highest BCUT2D eigenvalue weighted by atomic mass is 16.5. The first-order valence-corrected chi connectivity index (χ1v) is 7.58. The number of nitrogens with zero attached hydrogens (tertiary/aromatic N) is 2. The Morgan fingerprint density at radius 2 is 2.18 bits per heavy atom. The molecule has 22 heavy (non-hydrogen) atoms. The van der Waals surface area contributed by atoms with Gasteiger partial charge < -0.3 is 10.1 Å². The number of anilines is 1. The number of aryl methyl sites for hydroxylation is 1. The number of benzene rings is 1. The monoisotopic (exact) mass is 301 g/mol. The highest BCUT2D eigenvalue weighted by Crippen LogP contribution is 2.08. The number of aromatic nitrogens is 2. The molecule has 0 aliphatic carbocycles. The molecule has 0 spiro atoms. The van der Waals surface area contributed by atoms with Crippen molar-refractivity contribution in [2.24, 2.45) is 0 Å². The molecular weight excluding hydrogens is 278 g/mol. The summed E-state index contributed by atoms with van der Waals surface area (Å²) in [6, 6.07) is 7.83. The van der Waals surface area contributed by atoms with E-state index < -0.39 is 0 Å². The minimum atomic E-state index is -0.141. The molecule has 0 aliphatic heterocycles. The van der Waals surface area contributed by atoms with Gasteiger partial charge in [0.2, 0.25) is 0 Å². The molecule has 0 unspecified atom stereocenters. The first-order chi connectivity index (χ1) is 10.6. The maximum Gasteiger partial charge on any atom is 0.297 e. The lowest BCUT2D eigenvalue weighted by molar-refractivity contribution is 0.0787. The average Bonchev–Trinajstić information content (AvgIpc) is 2.48. The predicted molar refractivity (Wildman–Crippen MR) is 88.8 cm³/mol. The van der Waals surface area contributed by atoms with E-state index in [2.05, 4.69) is 10.3 Å². The van der Waals surface area contributed by atoms with Gasteiger partial charge in [0, 0.05) is 31.2 Å². The molecule has 1 N–H and O–H groups in total. The molecule has 2 aromatic rings. The normalized spacial score (nSPS) is 10.9. The molecule has 1 heterocycles. The van der Waals surface area contributed by atoms with E-state index in [1.807, 2.05) is 45.0 Å². The van der Waals surface area contributed by atoms with Crippen molar-refractivity contribution in [2.75, 3.05) is 18.5 Å². The third-order valence-electron chi connectivity index (χ3n) is 3.19. The zero-order valence-electron chi connectivity index (χ0n) is 13.4. The Balaban J connectivity index is 2.05. The molecule has 0 fully saturated rings. The van der Waals surface area contributed by atoms with Crippen molar-refractivity contribution in [1.29, 1.82) is 0 Å². The lowest BCUT2D eigenvalue weighted by Gasteiger charge is -2.10. The second-order valence-corrected chi connectivity index (χ2v) is 5.49. The SMILES string of the molecule is Cc1cccc(-n2ccnc(NCCCOC(C)C)c2=O)c1. The van der Waals surface area contributed by atoms with Gasteiger partial charge in [-0.05, 0) is 44.9 Å². The van der Waals surface area contributed by atoms with E-state index in [1.54, 1.807) is 17.0 Å². The first kappa shape index (κ1) is 16.2. The summed E-state index contributed by atoms with van der Waals surface area (Å²) in [6.07, 6.45) is 4.38. The number of hydrogen-bond acceptors (Lipinski definition) is 4. The fourth-order valence-corrected chi connectivity index (χ4v) is 2.11. The molecule has 118 valence electrons. The standard InChI is InChI=1S/C17H23N3O2/c1-13(2)22-11-5-8-18-16-17(21)20(10-9-19-16)15-7-4-6-14(3)12-15/h4,6-7,9-10,12-13H,5,8,11H2,1-3H3,(H,18,19). The Labute approximate surface area is 131 Å². The summed E-state index contributed by atoms with van der Waals surface area (Å²) in [5, 5.41) is 3.09. The molecule has 0 saturated carbocycles. The fraction of sp³-hybridized carbons (Fsp3) is 0.412. The van der Waals surface area contributed by atoms with Crippen LogP contribution in [0.4, 0.5) is 5.82 Å². The van der Waals surface area contributed by atoms with Crippen molar-refractivity contribution in [3.8, 4) is 5.69 Å². The van der Waals surface area contributed by atoms with Crippen molar-refractivity contribution in [3.63, 3.8) is 0 Å². The molecule has 0 saturated heterocycles. The van der Waals surface area contributed by atoms with E-state index >= 15 is 0 Å². The van der Waals surface area contributed by atoms with Crippen LogP contribution < -0.4 is 10.9 Å². The summed E-state index contributed by atoms with van der Waals surface area (Å²) in [4.78, 5) is 16.6. The Kier molecular flexibility index (Phi) is 5.72. The summed E-state index contributed by atoms with van der Waals surface area (Å²) in [5.41, 5.74) is 1.82. The maximum atomic E-state index is 12.5. The molecule has 1 aromatic heterocycles. The van der Waals surface area contributed by atoms with Crippen molar-refractivity contribution in [2.45, 2.75) is 33.3 Å². The van der Waals surface area contributed by atoms with Crippen LogP contribution in [0.5, 0.6) is 0 Å². The van der Waals surface area contributed by atoms with Gasteiger partial charge in [-0.2, -0.15) is 0 Å². The van der Waals surface area contributed by atoms with Crippen LogP contribution in [-0.4, -0.2) is 28.8 Å². The Bertz CT molecular complexity index is 665. The fourth-order valence-electron chi connectivity index (χ4n) is 2.11. The molecular formula is C17H23N3O2. The Morgan fingerprint density at radius 3 is 2.91 bits per heavy atom. The lowest BCUT2D eigenvalue weighted by Crippen LogP contribution is -2.24. The highest BCUT2D eigenvalue weighted by molar-refractivity contribution is 5.39. The van der Waals surface area contributed by atoms with Crippen LogP contribution in [0.2, 0.25) is 0 Å². The molecule has 1 aromatic carbocycles. The summed E-state index contributed by atoms with van der Waals surface area (Å²) in [7, 11) is 0. The van der Waals surface area contributed by atoms with Crippen LogP contribution in [0, 0.1) is 6.92 Å². The second kappa shape index (κ2) is 7.75. The summed E-state index contributed by atoms with van der Waals surface area (Å²) in [5.74, 6) is 0.369. The zero-order valence-corrected chi connectivity index (χ0v) is 13.4. The van der Waals surface area contributed by atoms with E-state index in [9.17, 15) is 4.79 Å². The molecule has 0 aliphatic rings. The third kappa shape index (κ3) is 4.43. The van der Waals surface area contributed by atoms with Crippen molar-refractivity contribution in [3.05, 3.63) is 52.6 Å². The molecule has 2 rings (SSSR count). The van der Waals surface area contributed by atoms with Crippen LogP contribution in [0.15, 0.2) is 41.5 Å². The average molecular weight is 301 g/mol. The van der Waals surface area contributed by atoms with Gasteiger partial charge in [0.25, 0.3) is 5.56 Å². The van der Waals surface area contributed by atoms with E-state index in [0.717, 1.165) is 17.7 Å². The van der Waals surface area contributed by atoms with Gasteiger partial charge in [0.1, 0.15) is 0 Å². The first-order valence-electron chi connectivity index (χ1n) is 7.58. The number of ether oxygens (including phenoxy) is 1. The summed E-state index contributed by atoms with van der Waals surface area (Å²) >= 11 is 0. The van der Waals surface area contributed by atoms with E-state index in [-0.39, 0.29) is 11.7 Å². The molecule has 0 atom stereocenters. The van der Waals surface area contributed by atoms with E-state index in [4.69, 9.17) is 4.74 Å². The largest absolute Gasteiger partial charge is 0.379 e. The molecule has 0 amide bonds. The minimum Gasteiger partial charge on any atom is -0.379 e. The molecule has 5 nitrogen and oxygen atoms in total. The number of rotatable bonds is 7. The number of nitrogens with one attached hydrogen (secondary N) is 1. The van der Waals surface area contributed by atoms with Crippen molar-refractivity contribution in [1.82, 2.24) is 9.55 Å². The quantitative estimate of drug-likeness (QED) is 0.799. The summed E-state index contributed by atoms with van der Waals surface area (Å²) < 4.78 is 7.08. The van der Waals surface area contributed by atoms with Crippen molar-refractivity contribution < 1.29 is 4.74 Å². The molecule has 0 radical (unpaired) electrons. The predicted octanol–water partition coefficient (Wildman–Crippen LogP) is 2.77. The van der Waals surface area contributed by atoms with E-state index in [1.165, 1.54) is 0 Å². The zero-order chi connectivity index (χ0) is 15.9. The van der Waals surface area contributed by atoms with Crippen LogP contribution in [0.3, 0.4) is 0 Å². The van der Waals surface area contributed by atoms with Gasteiger partial charge in [-0.15, -0.1) is 0 Å². The Hall–Kier alpha value is -2.14. The van der Waals surface area contributed by atoms with Gasteiger partial charge in [-0.3, -0.25) is 9.36 Å². The van der Waals surface area contributed by atoms with Gasteiger partial charge in [-0.1, -0.05) is 12.1 Å². The lowest BCUT2D eigenvalue weighted by atomic mass is 10.2. The summed E-state index contributed by atoms with van der Waals surface area (Å²) in [6.45, 7) is 7.35. The number of hydrogen-bond donors (Lipinski definition) is 1. The third-order valence-corrected chi connectivity index (χ3v) is 3.19. The van der Waals surface area contributed by atoms with Crippen LogP contribution in [0.25, 0.3) is 5.69 Å². The van der Waals surface area contributed by atoms with Gasteiger partial charge in [0.05, 0.1) is 6.10 Å². The van der Waals surface area contributed by atoms with Crippen LogP contribution in [0.1, 0.15) is 25.8 Å². The van der Waals surface area contributed by atoms with Gasteiger partial charge >= 0.3 is 0 Å². The minimum absolute atomic E-state index is 0.141. The smallest absolute Gasteiger partial charge is 0.297 e. The van der Waals surface area contributed by atoms with Gasteiger partial charge in [0.15, 0.2) is 5.82 Å². The van der Waals surface area contributed by atoms with E-state index in [0.29, 0.717) is 19.0 Å². The van der Waals surface area contributed by atoms with Crippen LogP contribution in [-0.2, 0) is 4.74 Å².